The molecule has 2 N–H and O–H groups in total. The molecule has 2 aromatic carbocycles. The molecule has 0 fully saturated rings. The molecule has 0 aliphatic heterocycles. The van der Waals surface area contributed by atoms with E-state index in [-0.39, 0.29) is 5.97 Å². The Morgan fingerprint density at radius 1 is 1.24 bits per heavy atom. The van der Waals surface area contributed by atoms with Crippen LogP contribution < -0.4 is 5.73 Å². The van der Waals surface area contributed by atoms with Crippen LogP contribution in [0.5, 0.6) is 0 Å². The largest absolute Gasteiger partial charge is 0.462 e. The summed E-state index contributed by atoms with van der Waals surface area (Å²) in [5.74, 6) is -0.325. The molecule has 0 unspecified atom stereocenters. The average Bonchev–Trinajstić information content (AvgIpc) is 2.48. The van der Waals surface area contributed by atoms with E-state index >= 15 is 0 Å². The molecule has 2 aromatic rings. The number of hydrogen-bond acceptors (Lipinski definition) is 3. The number of rotatable bonds is 5. The van der Waals surface area contributed by atoms with E-state index in [1.165, 1.54) is 5.56 Å². The third-order valence-corrected chi connectivity index (χ3v) is 3.78. The van der Waals surface area contributed by atoms with Crippen molar-refractivity contribution in [1.29, 1.82) is 0 Å². The average molecular weight is 348 g/mol. The molecule has 0 radical (unpaired) electrons. The van der Waals surface area contributed by atoms with E-state index < -0.39 is 0 Å². The predicted octanol–water partition coefficient (Wildman–Crippen LogP) is 4.13. The molecule has 0 heterocycles. The molecule has 0 aliphatic rings. The third-order valence-electron chi connectivity index (χ3n) is 3.32. The lowest BCUT2D eigenvalue weighted by atomic mass is 10.1. The SMILES string of the molecule is Cc1c(N)cc(Br)cc1C(=O)OCCCc1ccccc1. The maximum absolute atomic E-state index is 12.1. The van der Waals surface area contributed by atoms with E-state index in [1.807, 2.05) is 25.1 Å². The van der Waals surface area contributed by atoms with Gasteiger partial charge >= 0.3 is 5.97 Å². The smallest absolute Gasteiger partial charge is 0.338 e. The van der Waals surface area contributed by atoms with Crippen LogP contribution >= 0.6 is 15.9 Å². The quantitative estimate of drug-likeness (QED) is 0.502. The second-order valence-corrected chi connectivity index (χ2v) is 5.81. The molecule has 4 heteroatoms. The van der Waals surface area contributed by atoms with Crippen LogP contribution in [0.2, 0.25) is 0 Å². The van der Waals surface area contributed by atoms with Crippen molar-refractivity contribution in [2.45, 2.75) is 19.8 Å². The summed E-state index contributed by atoms with van der Waals surface area (Å²) in [5.41, 5.74) is 8.95. The number of esters is 1. The van der Waals surface area contributed by atoms with E-state index in [9.17, 15) is 4.79 Å². The standard InChI is InChI=1S/C17H18BrNO2/c1-12-15(10-14(18)11-16(12)19)17(20)21-9-5-8-13-6-3-2-4-7-13/h2-4,6-7,10-11H,5,8-9,19H2,1H3. The Balaban J connectivity index is 1.88. The van der Waals surface area contributed by atoms with Gasteiger partial charge in [-0.1, -0.05) is 46.3 Å². The normalized spacial score (nSPS) is 10.4. The molecule has 21 heavy (non-hydrogen) atoms. The fourth-order valence-electron chi connectivity index (χ4n) is 2.08. The van der Waals surface area contributed by atoms with Gasteiger partial charge in [-0.2, -0.15) is 0 Å². The molecular weight excluding hydrogens is 330 g/mol. The minimum Gasteiger partial charge on any atom is -0.462 e. The number of benzene rings is 2. The molecule has 0 amide bonds. The molecule has 0 spiro atoms. The van der Waals surface area contributed by atoms with Gasteiger partial charge < -0.3 is 10.5 Å². The van der Waals surface area contributed by atoms with Crippen LogP contribution in [0.4, 0.5) is 5.69 Å². The van der Waals surface area contributed by atoms with Gasteiger partial charge in [0.25, 0.3) is 0 Å². The van der Waals surface area contributed by atoms with Crippen molar-refractivity contribution in [3.8, 4) is 0 Å². The van der Waals surface area contributed by atoms with E-state index in [0.29, 0.717) is 17.9 Å². The minimum absolute atomic E-state index is 0.325. The fourth-order valence-corrected chi connectivity index (χ4v) is 2.55. The Morgan fingerprint density at radius 2 is 1.95 bits per heavy atom. The number of halogens is 1. The fraction of sp³-hybridized carbons (Fsp3) is 0.235. The summed E-state index contributed by atoms with van der Waals surface area (Å²) in [6.45, 7) is 2.22. The molecule has 0 aromatic heterocycles. The van der Waals surface area contributed by atoms with Crippen LogP contribution in [0.3, 0.4) is 0 Å². The number of hydrogen-bond donors (Lipinski definition) is 1. The molecule has 110 valence electrons. The van der Waals surface area contributed by atoms with Crippen LogP contribution in [0.25, 0.3) is 0 Å². The molecule has 0 bridgehead atoms. The van der Waals surface area contributed by atoms with Gasteiger partial charge in [0.05, 0.1) is 12.2 Å². The highest BCUT2D eigenvalue weighted by Gasteiger charge is 2.13. The summed E-state index contributed by atoms with van der Waals surface area (Å²) in [5, 5.41) is 0. The van der Waals surface area contributed by atoms with Gasteiger partial charge in [-0.3, -0.25) is 0 Å². The lowest BCUT2D eigenvalue weighted by Crippen LogP contribution is -2.10. The summed E-state index contributed by atoms with van der Waals surface area (Å²) in [4.78, 5) is 12.1. The van der Waals surface area contributed by atoms with E-state index in [0.717, 1.165) is 22.9 Å². The molecular formula is C17H18BrNO2. The zero-order valence-corrected chi connectivity index (χ0v) is 13.5. The van der Waals surface area contributed by atoms with Crippen molar-refractivity contribution in [2.24, 2.45) is 0 Å². The van der Waals surface area contributed by atoms with Gasteiger partial charge in [-0.05, 0) is 43.0 Å². The number of nitrogen functional groups attached to an aromatic ring is 1. The highest BCUT2D eigenvalue weighted by Crippen LogP contribution is 2.23. The van der Waals surface area contributed by atoms with Gasteiger partial charge in [-0.25, -0.2) is 4.79 Å². The first-order valence-electron chi connectivity index (χ1n) is 6.84. The number of nitrogens with two attached hydrogens (primary N) is 1. The minimum atomic E-state index is -0.325. The first-order chi connectivity index (χ1) is 10.1. The summed E-state index contributed by atoms with van der Waals surface area (Å²) >= 11 is 3.34. The highest BCUT2D eigenvalue weighted by atomic mass is 79.9. The lowest BCUT2D eigenvalue weighted by molar-refractivity contribution is 0.0500. The summed E-state index contributed by atoms with van der Waals surface area (Å²) in [6, 6.07) is 13.7. The van der Waals surface area contributed by atoms with Crippen LogP contribution in [0.15, 0.2) is 46.9 Å². The number of anilines is 1. The van der Waals surface area contributed by atoms with Crippen molar-refractivity contribution < 1.29 is 9.53 Å². The predicted molar refractivity (Wildman–Crippen MR) is 88.3 cm³/mol. The second-order valence-electron chi connectivity index (χ2n) is 4.89. The van der Waals surface area contributed by atoms with Crippen molar-refractivity contribution in [2.75, 3.05) is 12.3 Å². The Labute approximate surface area is 133 Å². The zero-order valence-electron chi connectivity index (χ0n) is 11.9. The first kappa shape index (κ1) is 15.6. The van der Waals surface area contributed by atoms with Crippen molar-refractivity contribution in [1.82, 2.24) is 0 Å². The van der Waals surface area contributed by atoms with Crippen molar-refractivity contribution in [3.05, 3.63) is 63.6 Å². The van der Waals surface area contributed by atoms with Gasteiger partial charge in [0, 0.05) is 10.2 Å². The number of aryl methyl sites for hydroxylation is 1. The topological polar surface area (TPSA) is 52.3 Å². The second kappa shape index (κ2) is 7.27. The Morgan fingerprint density at radius 3 is 2.67 bits per heavy atom. The van der Waals surface area contributed by atoms with Crippen LogP contribution in [0, 0.1) is 6.92 Å². The van der Waals surface area contributed by atoms with Crippen LogP contribution in [-0.4, -0.2) is 12.6 Å². The van der Waals surface area contributed by atoms with Gasteiger partial charge in [0.15, 0.2) is 0 Å². The lowest BCUT2D eigenvalue weighted by Gasteiger charge is -2.10. The summed E-state index contributed by atoms with van der Waals surface area (Å²) in [6.07, 6.45) is 1.70. The number of carbonyl (C=O) groups is 1. The first-order valence-corrected chi connectivity index (χ1v) is 7.64. The van der Waals surface area contributed by atoms with E-state index in [4.69, 9.17) is 10.5 Å². The van der Waals surface area contributed by atoms with Crippen LogP contribution in [0.1, 0.15) is 27.9 Å². The van der Waals surface area contributed by atoms with Gasteiger partial charge in [-0.15, -0.1) is 0 Å². The maximum atomic E-state index is 12.1. The summed E-state index contributed by atoms with van der Waals surface area (Å²) in [7, 11) is 0. The molecule has 0 saturated heterocycles. The monoisotopic (exact) mass is 347 g/mol. The molecule has 2 rings (SSSR count). The van der Waals surface area contributed by atoms with E-state index in [2.05, 4.69) is 28.1 Å². The Hall–Kier alpha value is -1.81. The molecule has 0 aliphatic carbocycles. The maximum Gasteiger partial charge on any atom is 0.338 e. The van der Waals surface area contributed by atoms with Gasteiger partial charge in [0.2, 0.25) is 0 Å². The summed E-state index contributed by atoms with van der Waals surface area (Å²) < 4.78 is 6.10. The molecule has 0 atom stereocenters. The van der Waals surface area contributed by atoms with Crippen molar-refractivity contribution >= 4 is 27.6 Å². The number of carbonyl (C=O) groups excluding carboxylic acids is 1. The zero-order chi connectivity index (χ0) is 15.2. The van der Waals surface area contributed by atoms with Crippen LogP contribution in [-0.2, 0) is 11.2 Å². The molecule has 3 nitrogen and oxygen atoms in total. The molecule has 0 saturated carbocycles. The Kier molecular flexibility index (Phi) is 5.39. The number of ether oxygens (including phenoxy) is 1. The highest BCUT2D eigenvalue weighted by molar-refractivity contribution is 9.10. The van der Waals surface area contributed by atoms with Crippen molar-refractivity contribution in [3.63, 3.8) is 0 Å². The Bertz CT molecular complexity index is 626. The van der Waals surface area contributed by atoms with E-state index in [1.54, 1.807) is 12.1 Å². The van der Waals surface area contributed by atoms with Gasteiger partial charge in [0.1, 0.15) is 0 Å². The third kappa shape index (κ3) is 4.33.